The lowest BCUT2D eigenvalue weighted by atomic mass is 10.1. The zero-order valence-corrected chi connectivity index (χ0v) is 17.5. The summed E-state index contributed by atoms with van der Waals surface area (Å²) in [7, 11) is 3.50. The SMILES string of the molecule is CC(NC(=NCC(=O)N(C)C)NC1CCN(c2ccccc2)C1)c1ccccc1. The van der Waals surface area contributed by atoms with Crippen molar-refractivity contribution in [3.63, 3.8) is 0 Å². The molecule has 2 aromatic carbocycles. The third kappa shape index (κ3) is 5.98. The Balaban J connectivity index is 1.66. The molecule has 2 unspecified atom stereocenters. The second-order valence-corrected chi connectivity index (χ2v) is 7.64. The van der Waals surface area contributed by atoms with E-state index in [1.807, 2.05) is 24.3 Å². The van der Waals surface area contributed by atoms with Gasteiger partial charge in [0.15, 0.2) is 5.96 Å². The lowest BCUT2D eigenvalue weighted by molar-refractivity contribution is -0.127. The molecule has 1 aliphatic heterocycles. The van der Waals surface area contributed by atoms with Gasteiger partial charge in [0.25, 0.3) is 0 Å². The predicted octanol–water partition coefficient (Wildman–Crippen LogP) is 2.65. The number of aliphatic imine (C=N–C) groups is 1. The number of guanidine groups is 1. The van der Waals surface area contributed by atoms with Gasteiger partial charge in [-0.3, -0.25) is 4.79 Å². The highest BCUT2D eigenvalue weighted by molar-refractivity contribution is 5.85. The van der Waals surface area contributed by atoms with Crippen molar-refractivity contribution in [3.05, 3.63) is 66.2 Å². The second-order valence-electron chi connectivity index (χ2n) is 7.64. The largest absolute Gasteiger partial charge is 0.369 e. The van der Waals surface area contributed by atoms with E-state index in [1.54, 1.807) is 19.0 Å². The van der Waals surface area contributed by atoms with Crippen molar-refractivity contribution in [1.29, 1.82) is 0 Å². The summed E-state index contributed by atoms with van der Waals surface area (Å²) in [6.07, 6.45) is 1.02. The van der Waals surface area contributed by atoms with E-state index in [0.717, 1.165) is 19.5 Å². The van der Waals surface area contributed by atoms with Gasteiger partial charge in [0.1, 0.15) is 6.54 Å². The first-order valence-electron chi connectivity index (χ1n) is 10.2. The minimum Gasteiger partial charge on any atom is -0.369 e. The summed E-state index contributed by atoms with van der Waals surface area (Å²) in [5.74, 6) is 0.660. The standard InChI is InChI=1S/C23H31N5O/c1-18(19-10-6-4-7-11-19)25-23(24-16-22(29)27(2)3)26-20-14-15-28(17-20)21-12-8-5-9-13-21/h4-13,18,20H,14-17H2,1-3H3,(H2,24,25,26). The maximum absolute atomic E-state index is 12.0. The van der Waals surface area contributed by atoms with Crippen molar-refractivity contribution in [1.82, 2.24) is 15.5 Å². The molecule has 2 atom stereocenters. The zero-order chi connectivity index (χ0) is 20.6. The van der Waals surface area contributed by atoms with Gasteiger partial charge in [-0.1, -0.05) is 48.5 Å². The summed E-state index contributed by atoms with van der Waals surface area (Å²) >= 11 is 0. The first kappa shape index (κ1) is 20.7. The first-order chi connectivity index (χ1) is 14.0. The monoisotopic (exact) mass is 393 g/mol. The molecule has 6 nitrogen and oxygen atoms in total. The van der Waals surface area contributed by atoms with E-state index in [9.17, 15) is 4.79 Å². The summed E-state index contributed by atoms with van der Waals surface area (Å²) in [6, 6.07) is 21.1. The van der Waals surface area contributed by atoms with Crippen molar-refractivity contribution in [3.8, 4) is 0 Å². The van der Waals surface area contributed by atoms with Crippen LogP contribution in [-0.2, 0) is 4.79 Å². The highest BCUT2D eigenvalue weighted by Crippen LogP contribution is 2.20. The molecule has 29 heavy (non-hydrogen) atoms. The van der Waals surface area contributed by atoms with Crippen LogP contribution in [0.25, 0.3) is 0 Å². The number of anilines is 1. The van der Waals surface area contributed by atoms with Gasteiger partial charge in [0.2, 0.25) is 5.91 Å². The van der Waals surface area contributed by atoms with Crippen molar-refractivity contribution in [2.75, 3.05) is 38.6 Å². The molecule has 6 heteroatoms. The minimum absolute atomic E-state index is 0.0178. The van der Waals surface area contributed by atoms with E-state index in [1.165, 1.54) is 11.3 Å². The van der Waals surface area contributed by atoms with Crippen LogP contribution < -0.4 is 15.5 Å². The van der Waals surface area contributed by atoms with Crippen LogP contribution in [0.3, 0.4) is 0 Å². The third-order valence-electron chi connectivity index (χ3n) is 5.17. The Labute approximate surface area is 173 Å². The van der Waals surface area contributed by atoms with Gasteiger partial charge in [-0.15, -0.1) is 0 Å². The van der Waals surface area contributed by atoms with Crippen LogP contribution in [0.15, 0.2) is 65.7 Å². The fraction of sp³-hybridized carbons (Fsp3) is 0.391. The Morgan fingerprint density at radius 3 is 2.45 bits per heavy atom. The molecule has 1 heterocycles. The number of likely N-dealkylation sites (N-methyl/N-ethyl adjacent to an activating group) is 1. The van der Waals surface area contributed by atoms with Gasteiger partial charge in [-0.25, -0.2) is 4.99 Å². The van der Waals surface area contributed by atoms with E-state index < -0.39 is 0 Å². The summed E-state index contributed by atoms with van der Waals surface area (Å²) in [4.78, 5) is 20.5. The normalized spacial score (nSPS) is 17.7. The van der Waals surface area contributed by atoms with Crippen LogP contribution in [0.2, 0.25) is 0 Å². The Morgan fingerprint density at radius 2 is 1.79 bits per heavy atom. The molecular weight excluding hydrogens is 362 g/mol. The molecule has 0 bridgehead atoms. The number of carbonyl (C=O) groups is 1. The van der Waals surface area contributed by atoms with Crippen LogP contribution in [0, 0.1) is 0 Å². The van der Waals surface area contributed by atoms with Gasteiger partial charge in [-0.05, 0) is 31.0 Å². The third-order valence-corrected chi connectivity index (χ3v) is 5.17. The smallest absolute Gasteiger partial charge is 0.243 e. The average molecular weight is 394 g/mol. The zero-order valence-electron chi connectivity index (χ0n) is 17.5. The number of amides is 1. The lowest BCUT2D eigenvalue weighted by Gasteiger charge is -2.23. The topological polar surface area (TPSA) is 60.0 Å². The number of hydrogen-bond acceptors (Lipinski definition) is 3. The molecule has 0 radical (unpaired) electrons. The lowest BCUT2D eigenvalue weighted by Crippen LogP contribution is -2.46. The molecule has 0 spiro atoms. The Hall–Kier alpha value is -3.02. The molecular formula is C23H31N5O. The second kappa shape index (κ2) is 9.96. The minimum atomic E-state index is -0.0178. The molecule has 1 aliphatic rings. The van der Waals surface area contributed by atoms with Crippen molar-refractivity contribution in [2.24, 2.45) is 4.99 Å². The highest BCUT2D eigenvalue weighted by atomic mass is 16.2. The van der Waals surface area contributed by atoms with Crippen LogP contribution in [-0.4, -0.2) is 56.5 Å². The van der Waals surface area contributed by atoms with Gasteiger partial charge < -0.3 is 20.4 Å². The first-order valence-corrected chi connectivity index (χ1v) is 10.2. The van der Waals surface area contributed by atoms with Gasteiger partial charge in [0, 0.05) is 38.9 Å². The maximum Gasteiger partial charge on any atom is 0.243 e. The molecule has 0 aliphatic carbocycles. The number of para-hydroxylation sites is 1. The summed E-state index contributed by atoms with van der Waals surface area (Å²) in [6.45, 7) is 4.13. The molecule has 1 saturated heterocycles. The molecule has 0 aromatic heterocycles. The van der Waals surface area contributed by atoms with Crippen LogP contribution in [0.5, 0.6) is 0 Å². The van der Waals surface area contributed by atoms with Crippen molar-refractivity contribution < 1.29 is 4.79 Å². The molecule has 1 fully saturated rings. The van der Waals surface area contributed by atoms with E-state index in [4.69, 9.17) is 0 Å². The quantitative estimate of drug-likeness (QED) is 0.585. The Morgan fingerprint density at radius 1 is 1.14 bits per heavy atom. The summed E-state index contributed by atoms with van der Waals surface area (Å²) in [5, 5.41) is 7.00. The van der Waals surface area contributed by atoms with E-state index >= 15 is 0 Å². The number of rotatable bonds is 6. The molecule has 1 amide bonds. The number of carbonyl (C=O) groups excluding carboxylic acids is 1. The van der Waals surface area contributed by atoms with E-state index in [0.29, 0.717) is 5.96 Å². The molecule has 2 N–H and O–H groups in total. The van der Waals surface area contributed by atoms with Crippen LogP contribution in [0.1, 0.15) is 24.9 Å². The summed E-state index contributed by atoms with van der Waals surface area (Å²) in [5.41, 5.74) is 2.42. The van der Waals surface area contributed by atoms with Crippen LogP contribution >= 0.6 is 0 Å². The summed E-state index contributed by atoms with van der Waals surface area (Å²) < 4.78 is 0. The van der Waals surface area contributed by atoms with Crippen LogP contribution in [0.4, 0.5) is 5.69 Å². The van der Waals surface area contributed by atoms with Gasteiger partial charge in [-0.2, -0.15) is 0 Å². The maximum atomic E-state index is 12.0. The molecule has 0 saturated carbocycles. The van der Waals surface area contributed by atoms with Gasteiger partial charge in [0.05, 0.1) is 6.04 Å². The fourth-order valence-electron chi connectivity index (χ4n) is 3.40. The molecule has 2 aromatic rings. The molecule has 3 rings (SSSR count). The predicted molar refractivity (Wildman–Crippen MR) is 119 cm³/mol. The number of nitrogens with one attached hydrogen (secondary N) is 2. The van der Waals surface area contributed by atoms with Crippen molar-refractivity contribution in [2.45, 2.75) is 25.4 Å². The average Bonchev–Trinajstić information content (AvgIpc) is 3.21. The number of hydrogen-bond donors (Lipinski definition) is 2. The Bertz CT molecular complexity index is 807. The molecule has 154 valence electrons. The van der Waals surface area contributed by atoms with Gasteiger partial charge >= 0.3 is 0 Å². The highest BCUT2D eigenvalue weighted by Gasteiger charge is 2.24. The number of benzene rings is 2. The van der Waals surface area contributed by atoms with E-state index in [2.05, 4.69) is 63.8 Å². The van der Waals surface area contributed by atoms with Crippen molar-refractivity contribution >= 4 is 17.6 Å². The van der Waals surface area contributed by atoms with E-state index in [-0.39, 0.29) is 24.5 Å². The Kier molecular flexibility index (Phi) is 7.11. The number of nitrogens with zero attached hydrogens (tertiary/aromatic N) is 3. The fourth-order valence-corrected chi connectivity index (χ4v) is 3.40.